The third-order valence-electron chi connectivity index (χ3n) is 4.10. The molecule has 1 aliphatic rings. The number of hydrogen-bond acceptors (Lipinski definition) is 5. The van der Waals surface area contributed by atoms with E-state index in [-0.39, 0.29) is 12.7 Å². The molecule has 0 radical (unpaired) electrons. The zero-order valence-corrected chi connectivity index (χ0v) is 14.1. The molecule has 0 atom stereocenters. The number of ether oxygens (including phenoxy) is 3. The van der Waals surface area contributed by atoms with Crippen LogP contribution in [0.25, 0.3) is 11.3 Å². The van der Waals surface area contributed by atoms with Gasteiger partial charge in [0.2, 0.25) is 6.79 Å². The van der Waals surface area contributed by atoms with Gasteiger partial charge in [-0.1, -0.05) is 6.07 Å². The van der Waals surface area contributed by atoms with Crippen molar-refractivity contribution < 1.29 is 19.0 Å². The molecule has 7 nitrogen and oxygen atoms in total. The number of nitrogens with zero attached hydrogens (tertiary/aromatic N) is 1. The standard InChI is InChI=1S/C19H17N3O4/c1-24-14-5-3-13(4-6-14)15-9-16(22-21-15)19(23)20-10-12-2-7-17-18(8-12)26-11-25-17/h2-9H,10-11H2,1H3,(H,20,23)(H,21,22). The first kappa shape index (κ1) is 16.0. The average molecular weight is 351 g/mol. The first-order valence-corrected chi connectivity index (χ1v) is 8.09. The molecule has 4 rings (SSSR count). The SMILES string of the molecule is COc1ccc(-c2cc(C(=O)NCc3ccc4c(c3)OCO4)[nH]n2)cc1. The summed E-state index contributed by atoms with van der Waals surface area (Å²) in [7, 11) is 1.62. The van der Waals surface area contributed by atoms with Gasteiger partial charge < -0.3 is 19.5 Å². The second kappa shape index (κ2) is 6.79. The van der Waals surface area contributed by atoms with Gasteiger partial charge in [-0.3, -0.25) is 9.89 Å². The molecule has 0 spiro atoms. The number of carbonyl (C=O) groups is 1. The number of rotatable bonds is 5. The van der Waals surface area contributed by atoms with Crippen molar-refractivity contribution in [1.29, 1.82) is 0 Å². The van der Waals surface area contributed by atoms with Crippen molar-refractivity contribution in [3.63, 3.8) is 0 Å². The van der Waals surface area contributed by atoms with Gasteiger partial charge in [-0.2, -0.15) is 5.10 Å². The van der Waals surface area contributed by atoms with E-state index >= 15 is 0 Å². The number of nitrogens with one attached hydrogen (secondary N) is 2. The summed E-state index contributed by atoms with van der Waals surface area (Å²) in [5.41, 5.74) is 2.92. The van der Waals surface area contributed by atoms with E-state index in [1.165, 1.54) is 0 Å². The molecule has 0 aliphatic carbocycles. The van der Waals surface area contributed by atoms with Gasteiger partial charge in [0.25, 0.3) is 5.91 Å². The van der Waals surface area contributed by atoms with Gasteiger partial charge in [0.15, 0.2) is 11.5 Å². The van der Waals surface area contributed by atoms with E-state index in [1.807, 2.05) is 42.5 Å². The van der Waals surface area contributed by atoms with E-state index in [1.54, 1.807) is 13.2 Å². The topological polar surface area (TPSA) is 85.5 Å². The molecule has 2 N–H and O–H groups in total. The van der Waals surface area contributed by atoms with Crippen LogP contribution in [0, 0.1) is 0 Å². The highest BCUT2D eigenvalue weighted by Gasteiger charge is 2.14. The first-order valence-electron chi connectivity index (χ1n) is 8.09. The Labute approximate surface area is 149 Å². The van der Waals surface area contributed by atoms with Crippen LogP contribution in [0.1, 0.15) is 16.1 Å². The van der Waals surface area contributed by atoms with Crippen molar-refractivity contribution in [1.82, 2.24) is 15.5 Å². The maximum Gasteiger partial charge on any atom is 0.269 e. The second-order valence-corrected chi connectivity index (χ2v) is 5.77. The molecule has 2 heterocycles. The number of amides is 1. The molecular formula is C19H17N3O4. The normalized spacial score (nSPS) is 12.0. The van der Waals surface area contributed by atoms with Crippen molar-refractivity contribution in [3.8, 4) is 28.5 Å². The molecule has 0 saturated carbocycles. The van der Waals surface area contributed by atoms with Crippen LogP contribution in [0.5, 0.6) is 17.2 Å². The Kier molecular flexibility index (Phi) is 4.18. The molecule has 1 amide bonds. The molecule has 1 aliphatic heterocycles. The molecule has 0 fully saturated rings. The Morgan fingerprint density at radius 1 is 1.15 bits per heavy atom. The quantitative estimate of drug-likeness (QED) is 0.738. The maximum atomic E-state index is 12.3. The Balaban J connectivity index is 1.41. The predicted molar refractivity (Wildman–Crippen MR) is 94.3 cm³/mol. The third-order valence-corrected chi connectivity index (χ3v) is 4.10. The third kappa shape index (κ3) is 3.19. The molecule has 0 saturated heterocycles. The number of benzene rings is 2. The largest absolute Gasteiger partial charge is 0.497 e. The summed E-state index contributed by atoms with van der Waals surface area (Å²) in [6.07, 6.45) is 0. The summed E-state index contributed by atoms with van der Waals surface area (Å²) in [6, 6.07) is 14.8. The van der Waals surface area contributed by atoms with Crippen molar-refractivity contribution in [3.05, 3.63) is 59.8 Å². The van der Waals surface area contributed by atoms with Crippen molar-refractivity contribution in [2.75, 3.05) is 13.9 Å². The molecule has 1 aromatic heterocycles. The van der Waals surface area contributed by atoms with E-state index in [2.05, 4.69) is 15.5 Å². The van der Waals surface area contributed by atoms with Gasteiger partial charge in [-0.15, -0.1) is 0 Å². The number of hydrogen-bond donors (Lipinski definition) is 2. The van der Waals surface area contributed by atoms with Gasteiger partial charge in [0.1, 0.15) is 11.4 Å². The van der Waals surface area contributed by atoms with E-state index < -0.39 is 0 Å². The summed E-state index contributed by atoms with van der Waals surface area (Å²) in [5, 5.41) is 9.84. The van der Waals surface area contributed by atoms with Crippen LogP contribution < -0.4 is 19.5 Å². The fraction of sp³-hybridized carbons (Fsp3) is 0.158. The number of H-pyrrole nitrogens is 1. The van der Waals surface area contributed by atoms with Crippen LogP contribution in [0.2, 0.25) is 0 Å². The van der Waals surface area contributed by atoms with Gasteiger partial charge in [-0.25, -0.2) is 0 Å². The Morgan fingerprint density at radius 2 is 1.96 bits per heavy atom. The summed E-state index contributed by atoms with van der Waals surface area (Å²) in [6.45, 7) is 0.611. The second-order valence-electron chi connectivity index (χ2n) is 5.77. The summed E-state index contributed by atoms with van der Waals surface area (Å²) in [5.74, 6) is 1.96. The number of aromatic nitrogens is 2. The summed E-state index contributed by atoms with van der Waals surface area (Å²) in [4.78, 5) is 12.3. The highest BCUT2D eigenvalue weighted by atomic mass is 16.7. The molecule has 3 aromatic rings. The van der Waals surface area contributed by atoms with Gasteiger partial charge in [0, 0.05) is 12.1 Å². The lowest BCUT2D eigenvalue weighted by Crippen LogP contribution is -2.23. The van der Waals surface area contributed by atoms with E-state index in [9.17, 15) is 4.79 Å². The number of methoxy groups -OCH3 is 1. The molecular weight excluding hydrogens is 334 g/mol. The van der Waals surface area contributed by atoms with Crippen LogP contribution in [0.3, 0.4) is 0 Å². The highest BCUT2D eigenvalue weighted by Crippen LogP contribution is 2.32. The highest BCUT2D eigenvalue weighted by molar-refractivity contribution is 5.93. The smallest absolute Gasteiger partial charge is 0.269 e. The van der Waals surface area contributed by atoms with Crippen LogP contribution in [0.4, 0.5) is 0 Å². The van der Waals surface area contributed by atoms with Crippen molar-refractivity contribution in [2.24, 2.45) is 0 Å². The fourth-order valence-corrected chi connectivity index (χ4v) is 2.68. The average Bonchev–Trinajstić information content (AvgIpc) is 3.35. The predicted octanol–water partition coefficient (Wildman–Crippen LogP) is 2.74. The Hall–Kier alpha value is -3.48. The van der Waals surface area contributed by atoms with Crippen molar-refractivity contribution >= 4 is 5.91 Å². The fourth-order valence-electron chi connectivity index (χ4n) is 2.68. The lowest BCUT2D eigenvalue weighted by atomic mass is 10.1. The summed E-state index contributed by atoms with van der Waals surface area (Å²) < 4.78 is 15.8. The van der Waals surface area contributed by atoms with Crippen LogP contribution in [0.15, 0.2) is 48.5 Å². The molecule has 26 heavy (non-hydrogen) atoms. The zero-order valence-electron chi connectivity index (χ0n) is 14.1. The Morgan fingerprint density at radius 3 is 2.77 bits per heavy atom. The molecule has 0 bridgehead atoms. The lowest BCUT2D eigenvalue weighted by molar-refractivity contribution is 0.0946. The number of fused-ring (bicyclic) bond motifs is 1. The molecule has 2 aromatic carbocycles. The molecule has 7 heteroatoms. The number of aromatic amines is 1. The van der Waals surface area contributed by atoms with Crippen LogP contribution >= 0.6 is 0 Å². The monoisotopic (exact) mass is 351 g/mol. The van der Waals surface area contributed by atoms with Crippen LogP contribution in [-0.2, 0) is 6.54 Å². The van der Waals surface area contributed by atoms with Crippen molar-refractivity contribution in [2.45, 2.75) is 6.54 Å². The van der Waals surface area contributed by atoms with Gasteiger partial charge >= 0.3 is 0 Å². The van der Waals surface area contributed by atoms with E-state index in [4.69, 9.17) is 14.2 Å². The Bertz CT molecular complexity index is 934. The van der Waals surface area contributed by atoms with Crippen LogP contribution in [-0.4, -0.2) is 30.0 Å². The first-order chi connectivity index (χ1) is 12.7. The minimum Gasteiger partial charge on any atom is -0.497 e. The van der Waals surface area contributed by atoms with E-state index in [0.717, 1.165) is 22.6 Å². The van der Waals surface area contributed by atoms with Gasteiger partial charge in [0.05, 0.1) is 12.8 Å². The minimum atomic E-state index is -0.227. The molecule has 0 unspecified atom stereocenters. The zero-order chi connectivity index (χ0) is 17.9. The lowest BCUT2D eigenvalue weighted by Gasteiger charge is -2.05. The summed E-state index contributed by atoms with van der Waals surface area (Å²) >= 11 is 0. The molecule has 132 valence electrons. The number of carbonyl (C=O) groups excluding carboxylic acids is 1. The minimum absolute atomic E-state index is 0.227. The van der Waals surface area contributed by atoms with E-state index in [0.29, 0.717) is 23.7 Å². The van der Waals surface area contributed by atoms with Gasteiger partial charge in [-0.05, 0) is 48.0 Å². The maximum absolute atomic E-state index is 12.3.